The Bertz CT molecular complexity index is 3920. The Labute approximate surface area is 410 Å². The van der Waals surface area contributed by atoms with Crippen molar-refractivity contribution in [2.45, 2.75) is 25.6 Å². The van der Waals surface area contributed by atoms with Crippen LogP contribution in [0.15, 0.2) is 91.5 Å². The Morgan fingerprint density at radius 1 is 0.562 bits per heavy atom. The lowest BCUT2D eigenvalue weighted by molar-refractivity contribution is -0.651. The highest BCUT2D eigenvalue weighted by Gasteiger charge is 3.09. The number of H-pyrrole nitrogens is 2. The number of nitrogens with one attached hydrogen (secondary N) is 7. The zero-order chi connectivity index (χ0) is 49.0. The number of rotatable bonds is 13. The summed E-state index contributed by atoms with van der Waals surface area (Å²) in [5, 5.41) is 24.1. The predicted molar refractivity (Wildman–Crippen MR) is 253 cm³/mol. The first-order valence-corrected chi connectivity index (χ1v) is 25.2. The van der Waals surface area contributed by atoms with Gasteiger partial charge in [-0.3, -0.25) is 29.1 Å². The number of fused-ring (bicyclic) bond motifs is 4. The third-order valence-electron chi connectivity index (χ3n) is 21.2. The van der Waals surface area contributed by atoms with E-state index in [1.807, 2.05) is 0 Å². The SMILES string of the molecule is CC12C3C4C1C1C2C3C41CNC(=O)c1cc(C(=O)NCc2ccc3oc(=O)[nH]c3c2)nc2ccnn12.CNC12C3C4C1C1C2C3C41CNC(=O)c1cc(C(=O)NCc2ccc3oc(=O)[nH]c3c2)nc2ccnn12. The Hall–Kier alpha value is -7.94. The normalized spacial score (nSPS) is 36.9. The van der Waals surface area contributed by atoms with Gasteiger partial charge < -0.3 is 35.4 Å². The maximum absolute atomic E-state index is 13.3. The molecule has 0 bridgehead atoms. The molecule has 0 radical (unpaired) electrons. The molecule has 0 aliphatic heterocycles. The fraction of sp³-hybridized carbons (Fsp3) is 0.423. The van der Waals surface area contributed by atoms with Crippen LogP contribution in [0.3, 0.4) is 0 Å². The summed E-state index contributed by atoms with van der Waals surface area (Å²) in [5.41, 5.74) is 7.13. The molecule has 12 saturated carbocycles. The first kappa shape index (κ1) is 40.6. The fourth-order valence-corrected chi connectivity index (χ4v) is 19.0. The molecule has 0 atom stereocenters. The molecule has 7 N–H and O–H groups in total. The lowest BCUT2D eigenvalue weighted by Gasteiger charge is -3.11. The van der Waals surface area contributed by atoms with Crippen molar-refractivity contribution in [3.8, 4) is 0 Å². The zero-order valence-electron chi connectivity index (χ0n) is 39.1. The van der Waals surface area contributed by atoms with Crippen LogP contribution >= 0.6 is 0 Å². The topological polar surface area (TPSA) is 281 Å². The molecule has 21 nitrogen and oxygen atoms in total. The largest absolute Gasteiger partial charge is 0.417 e. The van der Waals surface area contributed by atoms with Crippen molar-refractivity contribution in [1.82, 2.24) is 65.7 Å². The minimum atomic E-state index is -0.526. The van der Waals surface area contributed by atoms with Gasteiger partial charge in [-0.05, 0) is 130 Å². The molecule has 12 aliphatic carbocycles. The third kappa shape index (κ3) is 4.32. The molecule has 20 rings (SSSR count). The Balaban J connectivity index is 0.000000121. The molecule has 6 aromatic heterocycles. The molecule has 12 fully saturated rings. The summed E-state index contributed by atoms with van der Waals surface area (Å²) in [7, 11) is 2.10. The highest BCUT2D eigenvalue weighted by Crippen LogP contribution is 3.10. The van der Waals surface area contributed by atoms with Gasteiger partial charge in [-0.2, -0.15) is 10.2 Å². The van der Waals surface area contributed by atoms with Crippen LogP contribution < -0.4 is 38.1 Å². The van der Waals surface area contributed by atoms with E-state index in [2.05, 4.69) is 70.7 Å². The molecule has 4 amide bonds. The monoisotopic (exact) mass is 979 g/mol. The number of aromatic amines is 2. The van der Waals surface area contributed by atoms with Gasteiger partial charge in [-0.1, -0.05) is 19.1 Å². The predicted octanol–water partition coefficient (Wildman–Crippen LogP) is 2.11. The van der Waals surface area contributed by atoms with Crippen LogP contribution in [0.1, 0.15) is 60.0 Å². The van der Waals surface area contributed by atoms with E-state index < -0.39 is 23.3 Å². The second-order valence-corrected chi connectivity index (χ2v) is 22.8. The molecule has 12 aliphatic rings. The zero-order valence-corrected chi connectivity index (χ0v) is 39.1. The summed E-state index contributed by atoms with van der Waals surface area (Å²) in [6.07, 6.45) is 3.14. The minimum absolute atomic E-state index is 0.142. The average Bonchev–Trinajstić information content (AvgIpc) is 4.28. The Morgan fingerprint density at radius 2 is 0.986 bits per heavy atom. The van der Waals surface area contributed by atoms with Crippen molar-refractivity contribution < 1.29 is 28.0 Å². The number of carbonyl (C=O) groups excluding carboxylic acids is 4. The van der Waals surface area contributed by atoms with Gasteiger partial charge >= 0.3 is 11.5 Å². The number of amides is 4. The van der Waals surface area contributed by atoms with E-state index >= 15 is 0 Å². The molecular formula is C52H45N13O8. The summed E-state index contributed by atoms with van der Waals surface area (Å²) in [6.45, 7) is 4.33. The van der Waals surface area contributed by atoms with Crippen molar-refractivity contribution in [3.63, 3.8) is 0 Å². The van der Waals surface area contributed by atoms with E-state index in [0.717, 1.165) is 88.7 Å². The van der Waals surface area contributed by atoms with Crippen molar-refractivity contribution in [2.24, 2.45) is 87.3 Å². The van der Waals surface area contributed by atoms with Crippen LogP contribution in [0.4, 0.5) is 0 Å². The number of oxazole rings is 2. The van der Waals surface area contributed by atoms with Crippen LogP contribution in [-0.2, 0) is 13.1 Å². The van der Waals surface area contributed by atoms with Gasteiger partial charge in [0, 0.05) is 56.0 Å². The van der Waals surface area contributed by atoms with Gasteiger partial charge in [-0.25, -0.2) is 28.6 Å². The number of nitrogens with zero attached hydrogens (tertiary/aromatic N) is 6. The highest BCUT2D eigenvalue weighted by molar-refractivity contribution is 5.99. The molecular weight excluding hydrogens is 935 g/mol. The van der Waals surface area contributed by atoms with Gasteiger partial charge in [0.2, 0.25) is 0 Å². The highest BCUT2D eigenvalue weighted by atomic mass is 16.4. The summed E-state index contributed by atoms with van der Waals surface area (Å²) < 4.78 is 13.0. The molecule has 2 aromatic carbocycles. The first-order valence-electron chi connectivity index (χ1n) is 25.2. The second kappa shape index (κ2) is 12.8. The van der Waals surface area contributed by atoms with Gasteiger partial charge in [0.05, 0.1) is 23.4 Å². The molecule has 366 valence electrons. The van der Waals surface area contributed by atoms with E-state index in [1.54, 1.807) is 60.9 Å². The van der Waals surface area contributed by atoms with E-state index in [4.69, 9.17) is 8.83 Å². The van der Waals surface area contributed by atoms with E-state index in [0.29, 0.717) is 73.2 Å². The molecule has 0 saturated heterocycles. The summed E-state index contributed by atoms with van der Waals surface area (Å²) >= 11 is 0. The molecule has 0 spiro atoms. The van der Waals surface area contributed by atoms with Crippen LogP contribution in [0.5, 0.6) is 0 Å². The van der Waals surface area contributed by atoms with E-state index in [1.165, 1.54) is 21.2 Å². The Kier molecular flexibility index (Phi) is 7.13. The minimum Gasteiger partial charge on any atom is -0.408 e. The molecule has 0 unspecified atom stereocenters. The number of aromatic nitrogens is 8. The molecule has 6 heterocycles. The molecule has 21 heteroatoms. The quantitative estimate of drug-likeness (QED) is 0.0873. The van der Waals surface area contributed by atoms with Crippen molar-refractivity contribution in [3.05, 3.63) is 128 Å². The smallest absolute Gasteiger partial charge is 0.408 e. The van der Waals surface area contributed by atoms with Gasteiger partial charge in [-0.15, -0.1) is 0 Å². The maximum Gasteiger partial charge on any atom is 0.417 e. The van der Waals surface area contributed by atoms with Crippen molar-refractivity contribution in [2.75, 3.05) is 20.1 Å². The summed E-state index contributed by atoms with van der Waals surface area (Å²) in [6, 6.07) is 16.7. The molecule has 8 aromatic rings. The lowest BCUT2D eigenvalue weighted by Crippen LogP contribution is -3.15. The van der Waals surface area contributed by atoms with Gasteiger partial charge in [0.15, 0.2) is 22.5 Å². The number of hydrogen-bond acceptors (Lipinski definition) is 13. The standard InChI is InChI=1S/C26H23N7O4.C26H22N6O4/c1-27-26-19-16-20(26)18-21(26)17(19)25(16,18)9-29-23(35)13-7-12(31-15-4-5-30-33(13)15)22(34)28-8-10-2-3-14-11(6-10)32-24(36)37-14;1-25-16-19-17(25)21-18(25)20(16)26(19,21)9-28-23(34)13-7-12(30-15-4-5-29-32(13)15)22(33)27-8-10-2-3-14-11(6-10)31-24(35)36-14/h2-7,16-21,27H,8-9H2,1H3,(H,28,34)(H,29,35)(H,32,36);2-7,16-21H,8-9H2,1H3,(H,27,33)(H,28,34)(H,31,35). The number of carbonyl (C=O) groups is 4. The Morgan fingerprint density at radius 3 is 1.41 bits per heavy atom. The van der Waals surface area contributed by atoms with Crippen LogP contribution in [-0.4, -0.2) is 88.5 Å². The lowest BCUT2D eigenvalue weighted by atomic mass is 8.92. The van der Waals surface area contributed by atoms with Gasteiger partial charge in [0.25, 0.3) is 23.6 Å². The maximum atomic E-state index is 13.3. The fourth-order valence-electron chi connectivity index (χ4n) is 19.0. The van der Waals surface area contributed by atoms with Crippen LogP contribution in [0.25, 0.3) is 33.5 Å². The van der Waals surface area contributed by atoms with E-state index in [-0.39, 0.29) is 36.3 Å². The van der Waals surface area contributed by atoms with Crippen LogP contribution in [0, 0.1) is 87.3 Å². The number of benzene rings is 2. The van der Waals surface area contributed by atoms with Crippen molar-refractivity contribution >= 4 is 57.1 Å². The van der Waals surface area contributed by atoms with E-state index in [9.17, 15) is 28.8 Å². The number of hydrogen-bond donors (Lipinski definition) is 7. The summed E-state index contributed by atoms with van der Waals surface area (Å²) in [4.78, 5) is 89.3. The van der Waals surface area contributed by atoms with Crippen molar-refractivity contribution in [1.29, 1.82) is 0 Å². The summed E-state index contributed by atoms with van der Waals surface area (Å²) in [5.74, 6) is 7.65. The van der Waals surface area contributed by atoms with Crippen LogP contribution in [0.2, 0.25) is 0 Å². The van der Waals surface area contributed by atoms with Gasteiger partial charge in [0.1, 0.15) is 22.8 Å². The molecule has 73 heavy (non-hydrogen) atoms. The third-order valence-corrected chi connectivity index (χ3v) is 21.2. The first-order chi connectivity index (χ1) is 35.4. The average molecular weight is 980 g/mol. The second-order valence-electron chi connectivity index (χ2n) is 22.8.